The van der Waals surface area contributed by atoms with Gasteiger partial charge < -0.3 is 15.1 Å². The highest BCUT2D eigenvalue weighted by Crippen LogP contribution is 2.27. The van der Waals surface area contributed by atoms with Gasteiger partial charge in [-0.05, 0) is 50.1 Å². The maximum Gasteiger partial charge on any atom is 0.227 e. The fourth-order valence-electron chi connectivity index (χ4n) is 3.26. The molecule has 1 aliphatic rings. The Kier molecular flexibility index (Phi) is 5.63. The molecule has 2 aromatic rings. The number of aromatic nitrogens is 2. The zero-order valence-electron chi connectivity index (χ0n) is 17.1. The Balaban J connectivity index is 1.64. The number of hydrogen-bond donors (Lipinski definition) is 1. The Morgan fingerprint density at radius 3 is 2.61 bits per heavy atom. The second-order valence-corrected chi connectivity index (χ2v) is 7.59. The molecule has 0 aliphatic carbocycles. The summed E-state index contributed by atoms with van der Waals surface area (Å²) in [7, 11) is 3.76. The lowest BCUT2D eigenvalue weighted by molar-refractivity contribution is -0.126. The van der Waals surface area contributed by atoms with Gasteiger partial charge >= 0.3 is 0 Å². The Morgan fingerprint density at radius 2 is 1.93 bits per heavy atom. The van der Waals surface area contributed by atoms with E-state index in [0.29, 0.717) is 19.0 Å². The van der Waals surface area contributed by atoms with E-state index in [9.17, 15) is 9.59 Å². The van der Waals surface area contributed by atoms with Crippen LogP contribution in [0.3, 0.4) is 0 Å². The van der Waals surface area contributed by atoms with Crippen molar-refractivity contribution in [3.8, 4) is 0 Å². The van der Waals surface area contributed by atoms with E-state index >= 15 is 0 Å². The normalized spacial score (nSPS) is 16.4. The summed E-state index contributed by atoms with van der Waals surface area (Å²) in [5.74, 6) is 0.116. The fraction of sp³-hybridized carbons (Fsp3) is 0.429. The lowest BCUT2D eigenvalue weighted by Gasteiger charge is -2.18. The summed E-state index contributed by atoms with van der Waals surface area (Å²) in [5, 5.41) is 2.92. The van der Waals surface area contributed by atoms with Crippen LogP contribution in [0.1, 0.15) is 28.9 Å². The van der Waals surface area contributed by atoms with Crippen LogP contribution in [-0.2, 0) is 16.1 Å². The van der Waals surface area contributed by atoms with E-state index in [1.54, 1.807) is 4.90 Å². The highest BCUT2D eigenvalue weighted by molar-refractivity contribution is 6.00. The van der Waals surface area contributed by atoms with Crippen LogP contribution in [0.5, 0.6) is 0 Å². The van der Waals surface area contributed by atoms with Crippen LogP contribution in [-0.4, -0.2) is 42.4 Å². The smallest absolute Gasteiger partial charge is 0.227 e. The third-order valence-electron chi connectivity index (χ3n) is 5.04. The molecule has 7 heteroatoms. The van der Waals surface area contributed by atoms with Crippen LogP contribution in [0.4, 0.5) is 11.6 Å². The molecule has 2 amide bonds. The molecular formula is C21H27N5O2. The number of benzene rings is 1. The predicted molar refractivity (Wildman–Crippen MR) is 109 cm³/mol. The number of amides is 2. The molecule has 0 bridgehead atoms. The van der Waals surface area contributed by atoms with Crippen LogP contribution in [0.2, 0.25) is 0 Å². The number of nitrogens with zero attached hydrogens (tertiary/aromatic N) is 4. The van der Waals surface area contributed by atoms with Gasteiger partial charge in [0.1, 0.15) is 0 Å². The first kappa shape index (κ1) is 19.8. The number of aryl methyl sites for hydroxylation is 3. The SMILES string of the molecule is Cc1cc(CNC(=O)C2CC(=O)N(c3ccc(C)c(C)c3)C2)nc(N(C)C)n1. The summed E-state index contributed by atoms with van der Waals surface area (Å²) in [6.45, 7) is 6.68. The highest BCUT2D eigenvalue weighted by Gasteiger charge is 2.35. The van der Waals surface area contributed by atoms with Gasteiger partial charge in [-0.25, -0.2) is 9.97 Å². The summed E-state index contributed by atoms with van der Waals surface area (Å²) in [6, 6.07) is 7.80. The third-order valence-corrected chi connectivity index (χ3v) is 5.04. The van der Waals surface area contributed by atoms with Crippen LogP contribution < -0.4 is 15.1 Å². The van der Waals surface area contributed by atoms with Crippen molar-refractivity contribution in [2.24, 2.45) is 5.92 Å². The standard InChI is InChI=1S/C21H27N5O2/c1-13-6-7-18(8-14(13)2)26-12-16(10-19(26)27)20(28)22-11-17-9-15(3)23-21(24-17)25(4)5/h6-9,16H,10-12H2,1-5H3,(H,22,28). The summed E-state index contributed by atoms with van der Waals surface area (Å²) in [5.41, 5.74) is 4.77. The number of anilines is 2. The molecule has 3 rings (SSSR count). The Morgan fingerprint density at radius 1 is 1.18 bits per heavy atom. The van der Waals surface area contributed by atoms with Gasteiger partial charge in [0.2, 0.25) is 17.8 Å². The van der Waals surface area contributed by atoms with Gasteiger partial charge in [-0.2, -0.15) is 0 Å². The minimum Gasteiger partial charge on any atom is -0.350 e. The van der Waals surface area contributed by atoms with Gasteiger partial charge in [0.15, 0.2) is 0 Å². The van der Waals surface area contributed by atoms with E-state index in [2.05, 4.69) is 15.3 Å². The van der Waals surface area contributed by atoms with Gasteiger partial charge in [0.25, 0.3) is 0 Å². The maximum atomic E-state index is 12.6. The molecule has 0 spiro atoms. The maximum absolute atomic E-state index is 12.6. The zero-order valence-corrected chi connectivity index (χ0v) is 17.1. The molecule has 148 valence electrons. The summed E-state index contributed by atoms with van der Waals surface area (Å²) >= 11 is 0. The van der Waals surface area contributed by atoms with E-state index in [-0.39, 0.29) is 24.2 Å². The van der Waals surface area contributed by atoms with E-state index in [4.69, 9.17) is 0 Å². The summed E-state index contributed by atoms with van der Waals surface area (Å²) < 4.78 is 0. The minimum atomic E-state index is -0.356. The van der Waals surface area contributed by atoms with Crippen LogP contribution in [0.15, 0.2) is 24.3 Å². The van der Waals surface area contributed by atoms with Crippen LogP contribution in [0.25, 0.3) is 0 Å². The number of rotatable bonds is 5. The number of carbonyl (C=O) groups excluding carboxylic acids is 2. The largest absolute Gasteiger partial charge is 0.350 e. The van der Waals surface area contributed by atoms with Crippen molar-refractivity contribution in [3.05, 3.63) is 46.8 Å². The Bertz CT molecular complexity index is 910. The monoisotopic (exact) mass is 381 g/mol. The Hall–Kier alpha value is -2.96. The van der Waals surface area contributed by atoms with Gasteiger partial charge in [0.05, 0.1) is 18.2 Å². The predicted octanol–water partition coefficient (Wildman–Crippen LogP) is 2.14. The second-order valence-electron chi connectivity index (χ2n) is 7.59. The van der Waals surface area contributed by atoms with E-state index < -0.39 is 0 Å². The van der Waals surface area contributed by atoms with Crippen molar-refractivity contribution < 1.29 is 9.59 Å². The van der Waals surface area contributed by atoms with Crippen molar-refractivity contribution in [2.45, 2.75) is 33.7 Å². The lowest BCUT2D eigenvalue weighted by atomic mass is 10.1. The van der Waals surface area contributed by atoms with Gasteiger partial charge in [-0.15, -0.1) is 0 Å². The van der Waals surface area contributed by atoms with Crippen molar-refractivity contribution in [3.63, 3.8) is 0 Å². The molecule has 1 unspecified atom stereocenters. The van der Waals surface area contributed by atoms with E-state index in [1.807, 2.05) is 64.0 Å². The van der Waals surface area contributed by atoms with Crippen LogP contribution in [0, 0.1) is 26.7 Å². The highest BCUT2D eigenvalue weighted by atomic mass is 16.2. The molecule has 0 radical (unpaired) electrons. The first-order valence-electron chi connectivity index (χ1n) is 9.42. The molecule has 1 N–H and O–H groups in total. The first-order valence-corrected chi connectivity index (χ1v) is 9.42. The molecule has 2 heterocycles. The zero-order chi connectivity index (χ0) is 20.4. The molecule has 28 heavy (non-hydrogen) atoms. The van der Waals surface area contributed by atoms with E-state index in [0.717, 1.165) is 22.6 Å². The average molecular weight is 381 g/mol. The van der Waals surface area contributed by atoms with Crippen molar-refractivity contribution >= 4 is 23.5 Å². The Labute approximate surface area is 165 Å². The van der Waals surface area contributed by atoms with E-state index in [1.165, 1.54) is 5.56 Å². The van der Waals surface area contributed by atoms with Gasteiger partial charge in [-0.3, -0.25) is 9.59 Å². The number of carbonyl (C=O) groups is 2. The molecule has 1 aromatic heterocycles. The first-order chi connectivity index (χ1) is 13.2. The molecular weight excluding hydrogens is 354 g/mol. The third kappa shape index (κ3) is 4.30. The average Bonchev–Trinajstić information content (AvgIpc) is 3.03. The number of nitrogens with one attached hydrogen (secondary N) is 1. The van der Waals surface area contributed by atoms with Gasteiger partial charge in [-0.1, -0.05) is 6.07 Å². The summed E-state index contributed by atoms with van der Waals surface area (Å²) in [4.78, 5) is 37.4. The molecule has 1 atom stereocenters. The van der Waals surface area contributed by atoms with Crippen molar-refractivity contribution in [1.82, 2.24) is 15.3 Å². The van der Waals surface area contributed by atoms with Gasteiger partial charge in [0, 0.05) is 38.4 Å². The fourth-order valence-corrected chi connectivity index (χ4v) is 3.26. The topological polar surface area (TPSA) is 78.4 Å². The van der Waals surface area contributed by atoms with Crippen molar-refractivity contribution in [1.29, 1.82) is 0 Å². The summed E-state index contributed by atoms with van der Waals surface area (Å²) in [6.07, 6.45) is 0.227. The number of hydrogen-bond acceptors (Lipinski definition) is 5. The molecule has 1 fully saturated rings. The minimum absolute atomic E-state index is 0.0174. The molecule has 0 saturated carbocycles. The quantitative estimate of drug-likeness (QED) is 0.858. The molecule has 7 nitrogen and oxygen atoms in total. The molecule has 1 aliphatic heterocycles. The van der Waals surface area contributed by atoms with Crippen molar-refractivity contribution in [2.75, 3.05) is 30.4 Å². The molecule has 1 aromatic carbocycles. The lowest BCUT2D eigenvalue weighted by Crippen LogP contribution is -2.33. The molecule has 1 saturated heterocycles. The second kappa shape index (κ2) is 7.96. The van der Waals surface area contributed by atoms with Crippen LogP contribution >= 0.6 is 0 Å².